The summed E-state index contributed by atoms with van der Waals surface area (Å²) in [5, 5.41) is 24.7. The lowest BCUT2D eigenvalue weighted by atomic mass is 10.1. The van der Waals surface area contributed by atoms with Gasteiger partial charge in [0.05, 0.1) is 6.54 Å². The highest BCUT2D eigenvalue weighted by atomic mass is 16.6. The number of carboxylic acid groups (broad SMARTS) is 1. The molecule has 0 fully saturated rings. The van der Waals surface area contributed by atoms with Crippen molar-refractivity contribution in [2.24, 2.45) is 0 Å². The highest BCUT2D eigenvalue weighted by Crippen LogP contribution is 2.13. The number of imidazole rings is 1. The van der Waals surface area contributed by atoms with Crippen molar-refractivity contribution in [3.05, 3.63) is 22.1 Å². The van der Waals surface area contributed by atoms with E-state index in [1.54, 1.807) is 27.7 Å². The summed E-state index contributed by atoms with van der Waals surface area (Å²) in [5.41, 5.74) is -0.782. The number of aromatic nitrogens is 2. The molecular weight excluding hydrogens is 374 g/mol. The number of nitro groups is 1. The van der Waals surface area contributed by atoms with E-state index in [-0.39, 0.29) is 31.7 Å². The van der Waals surface area contributed by atoms with Gasteiger partial charge < -0.3 is 30.6 Å². The lowest BCUT2D eigenvalue weighted by Crippen LogP contribution is -2.48. The molecule has 1 rings (SSSR count). The molecular formula is C16H25N5O7. The van der Waals surface area contributed by atoms with Crippen LogP contribution in [0.5, 0.6) is 0 Å². The van der Waals surface area contributed by atoms with Gasteiger partial charge in [0.15, 0.2) is 5.82 Å². The normalized spacial score (nSPS) is 12.1. The molecule has 1 aromatic rings. The molecule has 1 atom stereocenters. The monoisotopic (exact) mass is 399 g/mol. The summed E-state index contributed by atoms with van der Waals surface area (Å²) in [4.78, 5) is 49.3. The summed E-state index contributed by atoms with van der Waals surface area (Å²) in [6.45, 7) is 6.66. The number of aliphatic carboxylic acids is 1. The van der Waals surface area contributed by atoms with Crippen LogP contribution < -0.4 is 10.6 Å². The van der Waals surface area contributed by atoms with E-state index < -0.39 is 34.5 Å². The molecule has 1 unspecified atom stereocenters. The van der Waals surface area contributed by atoms with Gasteiger partial charge in [-0.25, -0.2) is 14.3 Å². The van der Waals surface area contributed by atoms with Crippen molar-refractivity contribution in [3.63, 3.8) is 0 Å². The summed E-state index contributed by atoms with van der Waals surface area (Å²) in [7, 11) is 0. The molecule has 0 radical (unpaired) electrons. The molecule has 1 heterocycles. The molecule has 0 saturated carbocycles. The second-order valence-corrected chi connectivity index (χ2v) is 6.99. The zero-order valence-corrected chi connectivity index (χ0v) is 16.2. The van der Waals surface area contributed by atoms with Crippen LogP contribution >= 0.6 is 0 Å². The highest BCUT2D eigenvalue weighted by Gasteiger charge is 2.25. The zero-order valence-electron chi connectivity index (χ0n) is 16.2. The molecule has 12 nitrogen and oxygen atoms in total. The van der Waals surface area contributed by atoms with Gasteiger partial charge in [-0.15, -0.1) is 0 Å². The van der Waals surface area contributed by atoms with Crippen LogP contribution in [0.25, 0.3) is 0 Å². The van der Waals surface area contributed by atoms with Crippen molar-refractivity contribution < 1.29 is 29.2 Å². The molecule has 3 N–H and O–H groups in total. The maximum Gasteiger partial charge on any atom is 0.408 e. The second kappa shape index (κ2) is 9.67. The molecule has 0 spiro atoms. The Morgan fingerprint density at radius 1 is 1.39 bits per heavy atom. The Morgan fingerprint density at radius 3 is 2.57 bits per heavy atom. The molecule has 1 aromatic heterocycles. The van der Waals surface area contributed by atoms with Gasteiger partial charge in [0.1, 0.15) is 24.4 Å². The Balaban J connectivity index is 2.70. The maximum atomic E-state index is 12.4. The first kappa shape index (κ1) is 22.9. The van der Waals surface area contributed by atoms with Crippen molar-refractivity contribution in [1.82, 2.24) is 20.2 Å². The number of hydrogen-bond acceptors (Lipinski definition) is 7. The summed E-state index contributed by atoms with van der Waals surface area (Å²) < 4.78 is 6.41. The summed E-state index contributed by atoms with van der Waals surface area (Å²) >= 11 is 0. The van der Waals surface area contributed by atoms with Crippen molar-refractivity contribution >= 4 is 23.8 Å². The van der Waals surface area contributed by atoms with Crippen molar-refractivity contribution in [3.8, 4) is 0 Å². The fourth-order valence-corrected chi connectivity index (χ4v) is 2.28. The quantitative estimate of drug-likeness (QED) is 0.408. The van der Waals surface area contributed by atoms with Gasteiger partial charge in [0, 0.05) is 13.3 Å². The van der Waals surface area contributed by atoms with Gasteiger partial charge in [-0.05, 0) is 32.1 Å². The number of ether oxygens (including phenoxy) is 1. The molecule has 0 aliphatic rings. The van der Waals surface area contributed by atoms with E-state index in [2.05, 4.69) is 15.6 Å². The van der Waals surface area contributed by atoms with Crippen molar-refractivity contribution in [1.29, 1.82) is 0 Å². The molecule has 12 heteroatoms. The first-order valence-electron chi connectivity index (χ1n) is 8.56. The van der Waals surface area contributed by atoms with E-state index in [1.165, 1.54) is 4.57 Å². The van der Waals surface area contributed by atoms with Crippen LogP contribution in [0, 0.1) is 17.0 Å². The number of nitrogens with one attached hydrogen (secondary N) is 2. The largest absolute Gasteiger partial charge is 0.481 e. The van der Waals surface area contributed by atoms with E-state index >= 15 is 0 Å². The minimum absolute atomic E-state index is 0.0242. The van der Waals surface area contributed by atoms with E-state index in [4.69, 9.17) is 9.84 Å². The predicted molar refractivity (Wildman–Crippen MR) is 96.7 cm³/mol. The minimum Gasteiger partial charge on any atom is -0.481 e. The Bertz CT molecular complexity index is 738. The first-order chi connectivity index (χ1) is 12.9. The van der Waals surface area contributed by atoms with Crippen LogP contribution in [0.1, 0.15) is 39.4 Å². The third-order valence-corrected chi connectivity index (χ3v) is 3.51. The van der Waals surface area contributed by atoms with Gasteiger partial charge >= 0.3 is 17.9 Å². The Kier molecular flexibility index (Phi) is 7.89. The van der Waals surface area contributed by atoms with E-state index in [1.807, 2.05) is 0 Å². The lowest BCUT2D eigenvalue weighted by Gasteiger charge is -2.23. The van der Waals surface area contributed by atoms with Gasteiger partial charge in [-0.1, -0.05) is 0 Å². The average Bonchev–Trinajstić information content (AvgIpc) is 2.90. The molecule has 156 valence electrons. The Morgan fingerprint density at radius 2 is 2.04 bits per heavy atom. The molecule has 0 aromatic carbocycles. The number of aryl methyl sites for hydroxylation is 1. The first-order valence-corrected chi connectivity index (χ1v) is 8.56. The SMILES string of the molecule is Cc1ncc([N+](=O)[O-])n1CCNC(=O)C(CCC(=O)O)NC(=O)OC(C)(C)C. The number of carbonyl (C=O) groups is 3. The fraction of sp³-hybridized carbons (Fsp3) is 0.625. The molecule has 0 bridgehead atoms. The average molecular weight is 399 g/mol. The van der Waals surface area contributed by atoms with Crippen LogP contribution in [0.4, 0.5) is 10.6 Å². The molecule has 0 aliphatic heterocycles. The van der Waals surface area contributed by atoms with Crippen molar-refractivity contribution in [2.45, 2.75) is 58.7 Å². The Hall–Kier alpha value is -3.18. The molecule has 0 saturated heterocycles. The van der Waals surface area contributed by atoms with Gasteiger partial charge in [0.2, 0.25) is 5.91 Å². The Labute approximate surface area is 161 Å². The van der Waals surface area contributed by atoms with Crippen LogP contribution in [0.2, 0.25) is 0 Å². The summed E-state index contributed by atoms with van der Waals surface area (Å²) in [6, 6.07) is -1.12. The van der Waals surface area contributed by atoms with Gasteiger partial charge in [0.25, 0.3) is 0 Å². The highest BCUT2D eigenvalue weighted by molar-refractivity contribution is 5.86. The second-order valence-electron chi connectivity index (χ2n) is 6.99. The van der Waals surface area contributed by atoms with Crippen LogP contribution in [0.3, 0.4) is 0 Å². The fourth-order valence-electron chi connectivity index (χ4n) is 2.28. The third-order valence-electron chi connectivity index (χ3n) is 3.51. The standard InChI is InChI=1S/C16H25N5O7/c1-10-18-9-12(21(26)27)20(10)8-7-17-14(24)11(5-6-13(22)23)19-15(25)28-16(2,3)4/h9,11H,5-8H2,1-4H3,(H,17,24)(H,19,25)(H,22,23). The number of amides is 2. The number of nitrogens with zero attached hydrogens (tertiary/aromatic N) is 3. The van der Waals surface area contributed by atoms with Gasteiger partial charge in [-0.2, -0.15) is 0 Å². The topological polar surface area (TPSA) is 166 Å². The number of carbonyl (C=O) groups excluding carboxylic acids is 2. The number of rotatable bonds is 9. The van der Waals surface area contributed by atoms with Crippen LogP contribution in [-0.2, 0) is 20.9 Å². The smallest absolute Gasteiger partial charge is 0.408 e. The third kappa shape index (κ3) is 7.60. The van der Waals surface area contributed by atoms with E-state index in [0.29, 0.717) is 5.82 Å². The van der Waals surface area contributed by atoms with Crippen molar-refractivity contribution in [2.75, 3.05) is 6.54 Å². The van der Waals surface area contributed by atoms with E-state index in [0.717, 1.165) is 6.20 Å². The molecule has 28 heavy (non-hydrogen) atoms. The molecule has 0 aliphatic carbocycles. The molecule has 2 amide bonds. The van der Waals surface area contributed by atoms with Gasteiger partial charge in [-0.3, -0.25) is 9.59 Å². The maximum absolute atomic E-state index is 12.4. The van der Waals surface area contributed by atoms with E-state index in [9.17, 15) is 24.5 Å². The van der Waals surface area contributed by atoms with Crippen LogP contribution in [0.15, 0.2) is 6.20 Å². The zero-order chi connectivity index (χ0) is 21.5. The number of alkyl carbamates (subject to hydrolysis) is 1. The minimum atomic E-state index is -1.12. The number of hydrogen-bond donors (Lipinski definition) is 3. The van der Waals surface area contributed by atoms with Crippen LogP contribution in [-0.4, -0.2) is 55.7 Å². The summed E-state index contributed by atoms with van der Waals surface area (Å²) in [6.07, 6.45) is -0.194. The lowest BCUT2D eigenvalue weighted by molar-refractivity contribution is -0.392. The number of carboxylic acids is 1. The summed E-state index contributed by atoms with van der Waals surface area (Å²) in [5.74, 6) is -1.53. The predicted octanol–water partition coefficient (Wildman–Crippen LogP) is 0.974.